The first-order chi connectivity index (χ1) is 5.18. The van der Waals surface area contributed by atoms with Crippen molar-refractivity contribution in [3.63, 3.8) is 0 Å². The third-order valence-corrected chi connectivity index (χ3v) is 1.77. The van der Waals surface area contributed by atoms with E-state index in [0.717, 1.165) is 12.3 Å². The van der Waals surface area contributed by atoms with E-state index in [2.05, 4.69) is 5.32 Å². The van der Waals surface area contributed by atoms with Gasteiger partial charge in [-0.15, -0.1) is 0 Å². The van der Waals surface area contributed by atoms with Crippen molar-refractivity contribution in [2.24, 2.45) is 5.73 Å². The molecule has 0 spiro atoms. The summed E-state index contributed by atoms with van der Waals surface area (Å²) in [7, 11) is 0. The number of hydrogen-bond donors (Lipinski definition) is 2. The largest absolute Gasteiger partial charge is 0.390 e. The Morgan fingerprint density at radius 3 is 2.82 bits per heavy atom. The van der Waals surface area contributed by atoms with Crippen molar-refractivity contribution in [2.75, 3.05) is 18.6 Å². The van der Waals surface area contributed by atoms with Crippen LogP contribution in [0.4, 0.5) is 0 Å². The van der Waals surface area contributed by atoms with Crippen LogP contribution >= 0.6 is 11.8 Å². The van der Waals surface area contributed by atoms with Gasteiger partial charge in [-0.2, -0.15) is 11.8 Å². The number of amides is 1. The molecule has 0 unspecified atom stereocenters. The molecule has 3 nitrogen and oxygen atoms in total. The molecule has 0 aliphatic rings. The molecule has 0 atom stereocenters. The lowest BCUT2D eigenvalue weighted by Crippen LogP contribution is -2.16. The Morgan fingerprint density at radius 1 is 1.73 bits per heavy atom. The van der Waals surface area contributed by atoms with Crippen molar-refractivity contribution in [1.29, 1.82) is 0 Å². The molecule has 0 saturated carbocycles. The molecular weight excluding hydrogens is 160 g/mol. The van der Waals surface area contributed by atoms with Crippen molar-refractivity contribution >= 4 is 17.7 Å². The molecule has 0 bridgehead atoms. The zero-order chi connectivity index (χ0) is 8.69. The van der Waals surface area contributed by atoms with E-state index in [9.17, 15) is 4.79 Å². The zero-order valence-corrected chi connectivity index (χ0v) is 7.70. The number of primary amides is 1. The lowest BCUT2D eigenvalue weighted by Gasteiger charge is -1.98. The van der Waals surface area contributed by atoms with Gasteiger partial charge in [0.25, 0.3) is 0 Å². The van der Waals surface area contributed by atoms with Crippen LogP contribution in [-0.4, -0.2) is 24.5 Å². The van der Waals surface area contributed by atoms with Crippen LogP contribution < -0.4 is 11.1 Å². The van der Waals surface area contributed by atoms with Crippen LogP contribution in [0.2, 0.25) is 0 Å². The summed E-state index contributed by atoms with van der Waals surface area (Å²) < 4.78 is 0. The van der Waals surface area contributed by atoms with Crippen LogP contribution in [-0.2, 0) is 4.79 Å². The van der Waals surface area contributed by atoms with E-state index in [1.54, 1.807) is 24.9 Å². The smallest absolute Gasteiger partial charge is 0.245 e. The van der Waals surface area contributed by atoms with E-state index in [-0.39, 0.29) is 5.91 Å². The lowest BCUT2D eigenvalue weighted by molar-refractivity contribution is -0.114. The number of hydrogen-bond acceptors (Lipinski definition) is 3. The molecule has 0 radical (unpaired) electrons. The maximum atomic E-state index is 10.5. The van der Waals surface area contributed by atoms with Crippen molar-refractivity contribution in [3.05, 3.63) is 11.8 Å². The predicted molar refractivity (Wildman–Crippen MR) is 49.3 cm³/mol. The van der Waals surface area contributed by atoms with Crippen LogP contribution in [0.1, 0.15) is 6.92 Å². The highest BCUT2D eigenvalue weighted by Gasteiger charge is 1.93. The number of rotatable bonds is 5. The molecule has 3 N–H and O–H groups in total. The first kappa shape index (κ1) is 10.4. The molecule has 0 aromatic heterocycles. The van der Waals surface area contributed by atoms with Crippen molar-refractivity contribution in [3.8, 4) is 0 Å². The molecule has 0 heterocycles. The van der Waals surface area contributed by atoms with E-state index in [1.807, 2.05) is 6.26 Å². The van der Waals surface area contributed by atoms with Crippen LogP contribution in [0.15, 0.2) is 11.8 Å². The Hall–Kier alpha value is -0.640. The van der Waals surface area contributed by atoms with Gasteiger partial charge < -0.3 is 11.1 Å². The maximum absolute atomic E-state index is 10.5. The van der Waals surface area contributed by atoms with Crippen molar-refractivity contribution in [2.45, 2.75) is 6.92 Å². The quantitative estimate of drug-likeness (QED) is 0.466. The lowest BCUT2D eigenvalue weighted by atomic mass is 10.3. The third-order valence-electron chi connectivity index (χ3n) is 1.16. The predicted octanol–water partition coefficient (Wildman–Crippen LogP) is 0.328. The second-order valence-electron chi connectivity index (χ2n) is 2.14. The van der Waals surface area contributed by atoms with Gasteiger partial charge in [0, 0.05) is 24.1 Å². The van der Waals surface area contributed by atoms with Gasteiger partial charge in [0.05, 0.1) is 0 Å². The average molecular weight is 174 g/mol. The Balaban J connectivity index is 3.48. The fourth-order valence-electron chi connectivity index (χ4n) is 0.457. The van der Waals surface area contributed by atoms with E-state index in [0.29, 0.717) is 5.57 Å². The Kier molecular flexibility index (Phi) is 5.74. The molecule has 0 fully saturated rings. The summed E-state index contributed by atoms with van der Waals surface area (Å²) in [5.74, 6) is 0.657. The third kappa shape index (κ3) is 5.79. The number of carbonyl (C=O) groups excluding carboxylic acids is 1. The summed E-state index contributed by atoms with van der Waals surface area (Å²) in [6.45, 7) is 2.56. The molecule has 0 saturated heterocycles. The minimum absolute atomic E-state index is 0.373. The molecule has 0 aromatic carbocycles. The number of nitrogens with one attached hydrogen (secondary N) is 1. The molecule has 0 aliphatic heterocycles. The molecule has 4 heteroatoms. The normalized spacial score (nSPS) is 11.3. The summed E-state index contributed by atoms with van der Waals surface area (Å²) in [6.07, 6.45) is 3.69. The Morgan fingerprint density at radius 2 is 2.36 bits per heavy atom. The standard InChI is InChI=1S/C7H14N2OS/c1-6(7(8)10)5-9-3-4-11-2/h5,9H,3-4H2,1-2H3,(H2,8,10)/b6-5-. The first-order valence-electron chi connectivity index (χ1n) is 3.37. The molecule has 1 amide bonds. The van der Waals surface area contributed by atoms with Gasteiger partial charge in [0.1, 0.15) is 0 Å². The maximum Gasteiger partial charge on any atom is 0.245 e. The van der Waals surface area contributed by atoms with Crippen LogP contribution in [0, 0.1) is 0 Å². The molecular formula is C7H14N2OS. The van der Waals surface area contributed by atoms with E-state index < -0.39 is 0 Å². The second kappa shape index (κ2) is 6.09. The summed E-state index contributed by atoms with van der Waals surface area (Å²) in [5, 5.41) is 2.98. The van der Waals surface area contributed by atoms with Gasteiger partial charge in [-0.05, 0) is 13.2 Å². The van der Waals surface area contributed by atoms with Gasteiger partial charge in [-0.3, -0.25) is 4.79 Å². The Labute approximate surface area is 71.4 Å². The minimum Gasteiger partial charge on any atom is -0.390 e. The topological polar surface area (TPSA) is 55.1 Å². The first-order valence-corrected chi connectivity index (χ1v) is 4.76. The van der Waals surface area contributed by atoms with Crippen LogP contribution in [0.3, 0.4) is 0 Å². The fourth-order valence-corrected chi connectivity index (χ4v) is 0.779. The van der Waals surface area contributed by atoms with Gasteiger partial charge in [-0.1, -0.05) is 0 Å². The molecule has 0 aromatic rings. The monoisotopic (exact) mass is 174 g/mol. The highest BCUT2D eigenvalue weighted by atomic mass is 32.2. The number of carbonyl (C=O) groups is 1. The van der Waals surface area contributed by atoms with Crippen molar-refractivity contribution < 1.29 is 4.79 Å². The number of thioether (sulfide) groups is 1. The summed E-state index contributed by atoms with van der Waals surface area (Å²) >= 11 is 1.75. The number of nitrogens with two attached hydrogens (primary N) is 1. The second-order valence-corrected chi connectivity index (χ2v) is 3.12. The molecule has 0 aliphatic carbocycles. The highest BCUT2D eigenvalue weighted by Crippen LogP contribution is 1.89. The van der Waals surface area contributed by atoms with E-state index >= 15 is 0 Å². The highest BCUT2D eigenvalue weighted by molar-refractivity contribution is 7.98. The van der Waals surface area contributed by atoms with Crippen LogP contribution in [0.5, 0.6) is 0 Å². The zero-order valence-electron chi connectivity index (χ0n) is 6.89. The van der Waals surface area contributed by atoms with Gasteiger partial charge in [0.15, 0.2) is 0 Å². The molecule has 11 heavy (non-hydrogen) atoms. The van der Waals surface area contributed by atoms with Crippen LogP contribution in [0.25, 0.3) is 0 Å². The Bertz CT molecular complexity index is 157. The summed E-state index contributed by atoms with van der Waals surface area (Å²) in [5.41, 5.74) is 5.56. The van der Waals surface area contributed by atoms with E-state index in [4.69, 9.17) is 5.73 Å². The van der Waals surface area contributed by atoms with Gasteiger partial charge in [0.2, 0.25) is 5.91 Å². The molecule has 0 rings (SSSR count). The fraction of sp³-hybridized carbons (Fsp3) is 0.571. The average Bonchev–Trinajstić information content (AvgIpc) is 1.97. The van der Waals surface area contributed by atoms with Crippen molar-refractivity contribution in [1.82, 2.24) is 5.32 Å². The summed E-state index contributed by atoms with van der Waals surface area (Å²) in [6, 6.07) is 0. The molecule has 64 valence electrons. The minimum atomic E-state index is -0.373. The van der Waals surface area contributed by atoms with E-state index in [1.165, 1.54) is 0 Å². The summed E-state index contributed by atoms with van der Waals surface area (Å²) in [4.78, 5) is 10.5. The SMILES string of the molecule is CSCCN/C=C(/C)C(N)=O. The van der Waals surface area contributed by atoms with Gasteiger partial charge in [-0.25, -0.2) is 0 Å². The van der Waals surface area contributed by atoms with Gasteiger partial charge >= 0.3 is 0 Å².